The Bertz CT molecular complexity index is 803. The van der Waals surface area contributed by atoms with Gasteiger partial charge in [-0.3, -0.25) is 10.00 Å². The molecule has 4 nitrogen and oxygen atoms in total. The van der Waals surface area contributed by atoms with Gasteiger partial charge in [0.1, 0.15) is 0 Å². The van der Waals surface area contributed by atoms with Crippen molar-refractivity contribution in [2.45, 2.75) is 12.5 Å². The third kappa shape index (κ3) is 3.83. The SMILES string of the molecule is Cl.NC[C@@H]1CN(Cc2cn[nH]c2-c2ccccc2)C[C@H]1c1ccccc1. The summed E-state index contributed by atoms with van der Waals surface area (Å²) < 4.78 is 0. The fourth-order valence-corrected chi connectivity index (χ4v) is 3.93. The molecule has 136 valence electrons. The van der Waals surface area contributed by atoms with Crippen LogP contribution in [-0.2, 0) is 6.54 Å². The number of nitrogens with two attached hydrogens (primary N) is 1. The number of aromatic nitrogens is 2. The molecule has 2 atom stereocenters. The Morgan fingerprint density at radius 1 is 1.00 bits per heavy atom. The van der Waals surface area contributed by atoms with E-state index in [9.17, 15) is 0 Å². The molecule has 1 saturated heterocycles. The lowest BCUT2D eigenvalue weighted by molar-refractivity contribution is 0.317. The molecule has 2 heterocycles. The maximum atomic E-state index is 6.07. The molecule has 5 heteroatoms. The van der Waals surface area contributed by atoms with Gasteiger partial charge in [-0.2, -0.15) is 5.10 Å². The van der Waals surface area contributed by atoms with Gasteiger partial charge in [-0.05, 0) is 23.6 Å². The van der Waals surface area contributed by atoms with Crippen molar-refractivity contribution in [1.29, 1.82) is 0 Å². The van der Waals surface area contributed by atoms with Crippen LogP contribution in [0.4, 0.5) is 0 Å². The van der Waals surface area contributed by atoms with Gasteiger partial charge >= 0.3 is 0 Å². The standard InChI is InChI=1S/C21H24N4.ClH/c22-11-18-13-25(15-20(18)16-7-3-1-4-8-16)14-19-12-23-24-21(19)17-9-5-2-6-10-17;/h1-10,12,18,20H,11,13-15,22H2,(H,23,24);1H/t18-,20+;/m1./s1. The number of likely N-dealkylation sites (tertiary alicyclic amines) is 1. The molecule has 1 aromatic heterocycles. The minimum atomic E-state index is 0. The highest BCUT2D eigenvalue weighted by atomic mass is 35.5. The molecule has 3 aromatic rings. The summed E-state index contributed by atoms with van der Waals surface area (Å²) in [4.78, 5) is 2.51. The van der Waals surface area contributed by atoms with E-state index in [-0.39, 0.29) is 12.4 Å². The molecule has 3 N–H and O–H groups in total. The van der Waals surface area contributed by atoms with Gasteiger partial charge in [-0.25, -0.2) is 0 Å². The third-order valence-corrected chi connectivity index (χ3v) is 5.22. The molecule has 0 bridgehead atoms. The molecular formula is C21H25ClN4. The monoisotopic (exact) mass is 368 g/mol. The second-order valence-electron chi connectivity index (χ2n) is 6.84. The lowest BCUT2D eigenvalue weighted by atomic mass is 9.89. The Morgan fingerprint density at radius 2 is 1.69 bits per heavy atom. The molecule has 0 unspecified atom stereocenters. The molecule has 26 heavy (non-hydrogen) atoms. The van der Waals surface area contributed by atoms with Gasteiger partial charge in [0.15, 0.2) is 0 Å². The Kier molecular flexibility index (Phi) is 6.09. The second-order valence-corrected chi connectivity index (χ2v) is 6.84. The molecule has 1 aliphatic heterocycles. The summed E-state index contributed by atoms with van der Waals surface area (Å²) in [6.45, 7) is 3.72. The predicted octanol–water partition coefficient (Wildman–Crippen LogP) is 3.67. The average Bonchev–Trinajstić information content (AvgIpc) is 3.30. The van der Waals surface area contributed by atoms with Crippen LogP contribution in [0.5, 0.6) is 0 Å². The Balaban J connectivity index is 0.00000196. The van der Waals surface area contributed by atoms with Crippen LogP contribution in [0.25, 0.3) is 11.3 Å². The van der Waals surface area contributed by atoms with Gasteiger partial charge in [0, 0.05) is 31.1 Å². The van der Waals surface area contributed by atoms with E-state index in [2.05, 4.69) is 69.7 Å². The second kappa shape index (κ2) is 8.49. The number of nitrogens with zero attached hydrogens (tertiary/aromatic N) is 2. The van der Waals surface area contributed by atoms with Crippen LogP contribution in [0.3, 0.4) is 0 Å². The van der Waals surface area contributed by atoms with Crippen molar-refractivity contribution in [3.63, 3.8) is 0 Å². The first-order valence-electron chi connectivity index (χ1n) is 8.90. The quantitative estimate of drug-likeness (QED) is 0.722. The van der Waals surface area contributed by atoms with E-state index in [1.165, 1.54) is 16.7 Å². The van der Waals surface area contributed by atoms with Gasteiger partial charge in [0.05, 0.1) is 11.9 Å². The van der Waals surface area contributed by atoms with Gasteiger partial charge < -0.3 is 5.73 Å². The normalized spacial score (nSPS) is 20.0. The summed E-state index contributed by atoms with van der Waals surface area (Å²) >= 11 is 0. The molecule has 4 rings (SSSR count). The van der Waals surface area contributed by atoms with E-state index in [0.717, 1.165) is 31.9 Å². The molecule has 0 aliphatic carbocycles. The minimum Gasteiger partial charge on any atom is -0.330 e. The van der Waals surface area contributed by atoms with Crippen LogP contribution < -0.4 is 5.73 Å². The van der Waals surface area contributed by atoms with Crippen LogP contribution in [0.1, 0.15) is 17.0 Å². The van der Waals surface area contributed by atoms with Crippen LogP contribution in [0.15, 0.2) is 66.9 Å². The summed E-state index contributed by atoms with van der Waals surface area (Å²) in [5.41, 5.74) is 11.0. The zero-order valence-electron chi connectivity index (χ0n) is 14.7. The number of hydrogen-bond acceptors (Lipinski definition) is 3. The van der Waals surface area contributed by atoms with E-state index in [0.29, 0.717) is 11.8 Å². The molecule has 0 saturated carbocycles. The van der Waals surface area contributed by atoms with Gasteiger partial charge in [0.2, 0.25) is 0 Å². The smallest absolute Gasteiger partial charge is 0.0695 e. The van der Waals surface area contributed by atoms with Gasteiger partial charge in [0.25, 0.3) is 0 Å². The van der Waals surface area contributed by atoms with E-state index in [4.69, 9.17) is 5.73 Å². The Labute approximate surface area is 160 Å². The highest BCUT2D eigenvalue weighted by molar-refractivity contribution is 5.85. The average molecular weight is 369 g/mol. The highest BCUT2D eigenvalue weighted by Gasteiger charge is 2.33. The Hall–Kier alpha value is -2.14. The number of hydrogen-bond donors (Lipinski definition) is 2. The van der Waals surface area contributed by atoms with Crippen molar-refractivity contribution in [2.75, 3.05) is 19.6 Å². The van der Waals surface area contributed by atoms with Gasteiger partial charge in [-0.15, -0.1) is 12.4 Å². The highest BCUT2D eigenvalue weighted by Crippen LogP contribution is 2.33. The molecule has 1 fully saturated rings. The number of nitrogens with one attached hydrogen (secondary N) is 1. The zero-order chi connectivity index (χ0) is 17.1. The number of aromatic amines is 1. The summed E-state index contributed by atoms with van der Waals surface area (Å²) in [7, 11) is 0. The fourth-order valence-electron chi connectivity index (χ4n) is 3.93. The summed E-state index contributed by atoms with van der Waals surface area (Å²) in [6, 6.07) is 21.2. The van der Waals surface area contributed by atoms with E-state index in [1.54, 1.807) is 0 Å². The number of H-pyrrole nitrogens is 1. The van der Waals surface area contributed by atoms with Crippen molar-refractivity contribution in [2.24, 2.45) is 11.7 Å². The Morgan fingerprint density at radius 3 is 2.38 bits per heavy atom. The van der Waals surface area contributed by atoms with Crippen molar-refractivity contribution in [3.05, 3.63) is 78.0 Å². The van der Waals surface area contributed by atoms with Crippen LogP contribution in [-0.4, -0.2) is 34.7 Å². The van der Waals surface area contributed by atoms with Crippen LogP contribution in [0.2, 0.25) is 0 Å². The molecule has 0 radical (unpaired) electrons. The van der Waals surface area contributed by atoms with Crippen molar-refractivity contribution >= 4 is 12.4 Å². The van der Waals surface area contributed by atoms with E-state index in [1.807, 2.05) is 12.3 Å². The maximum absolute atomic E-state index is 6.07. The third-order valence-electron chi connectivity index (χ3n) is 5.22. The van der Waals surface area contributed by atoms with Crippen molar-refractivity contribution in [3.8, 4) is 11.3 Å². The van der Waals surface area contributed by atoms with Crippen molar-refractivity contribution in [1.82, 2.24) is 15.1 Å². The topological polar surface area (TPSA) is 57.9 Å². The molecule has 0 amide bonds. The molecule has 1 aliphatic rings. The predicted molar refractivity (Wildman–Crippen MR) is 108 cm³/mol. The zero-order valence-corrected chi connectivity index (χ0v) is 15.5. The fraction of sp³-hybridized carbons (Fsp3) is 0.286. The van der Waals surface area contributed by atoms with Gasteiger partial charge in [-0.1, -0.05) is 60.7 Å². The molecule has 0 spiro atoms. The summed E-state index contributed by atoms with van der Waals surface area (Å²) in [5.74, 6) is 1.02. The first-order chi connectivity index (χ1) is 12.3. The molecule has 2 aromatic carbocycles. The lowest BCUT2D eigenvalue weighted by Gasteiger charge is -2.17. The summed E-state index contributed by atoms with van der Waals surface area (Å²) in [6.07, 6.45) is 1.95. The first kappa shape index (κ1) is 18.6. The van der Waals surface area contributed by atoms with Crippen molar-refractivity contribution < 1.29 is 0 Å². The maximum Gasteiger partial charge on any atom is 0.0695 e. The van der Waals surface area contributed by atoms with E-state index < -0.39 is 0 Å². The van der Waals surface area contributed by atoms with Crippen LogP contribution >= 0.6 is 12.4 Å². The lowest BCUT2D eigenvalue weighted by Crippen LogP contribution is -2.23. The first-order valence-corrected chi connectivity index (χ1v) is 8.90. The number of halogens is 1. The number of rotatable bonds is 5. The molecular weight excluding hydrogens is 344 g/mol. The number of benzene rings is 2. The minimum absolute atomic E-state index is 0. The summed E-state index contributed by atoms with van der Waals surface area (Å²) in [5, 5.41) is 7.44. The van der Waals surface area contributed by atoms with E-state index >= 15 is 0 Å². The van der Waals surface area contributed by atoms with Crippen LogP contribution in [0, 0.1) is 5.92 Å². The largest absolute Gasteiger partial charge is 0.330 e.